The van der Waals surface area contributed by atoms with Crippen molar-refractivity contribution < 1.29 is 4.79 Å². The zero-order chi connectivity index (χ0) is 8.55. The minimum Gasteiger partial charge on any atom is -0.390 e. The van der Waals surface area contributed by atoms with Crippen LogP contribution in [0.15, 0.2) is 5.38 Å². The van der Waals surface area contributed by atoms with Crippen molar-refractivity contribution in [3.8, 4) is 0 Å². The molecule has 1 aliphatic rings. The summed E-state index contributed by atoms with van der Waals surface area (Å²) in [4.78, 5) is 11.4. The van der Waals surface area contributed by atoms with E-state index in [1.807, 2.05) is 5.38 Å². The molecule has 0 spiro atoms. The fraction of sp³-hybridized carbons (Fsp3) is 0.375. The monoisotopic (exact) mass is 182 g/mol. The van der Waals surface area contributed by atoms with Crippen molar-refractivity contribution in [3.63, 3.8) is 0 Å². The number of rotatable bonds is 0. The Labute approximate surface area is 74.6 Å². The zero-order valence-corrected chi connectivity index (χ0v) is 7.41. The summed E-state index contributed by atoms with van der Waals surface area (Å²) in [6, 6.07) is 0. The van der Waals surface area contributed by atoms with Gasteiger partial charge >= 0.3 is 0 Å². The van der Waals surface area contributed by atoms with Crippen LogP contribution in [0.4, 0.5) is 5.00 Å². The van der Waals surface area contributed by atoms with Crippen LogP contribution in [-0.2, 0) is 6.42 Å². The van der Waals surface area contributed by atoms with Gasteiger partial charge in [-0.2, -0.15) is 0 Å². The molecule has 2 heterocycles. The maximum absolute atomic E-state index is 11.4. The number of anilines is 1. The van der Waals surface area contributed by atoms with Crippen molar-refractivity contribution in [2.45, 2.75) is 12.8 Å². The van der Waals surface area contributed by atoms with Gasteiger partial charge in [0.25, 0.3) is 5.91 Å². The number of hydrogen-bond donors (Lipinski definition) is 2. The minimum atomic E-state index is 0.0236. The summed E-state index contributed by atoms with van der Waals surface area (Å²) in [6.45, 7) is 0.762. The Balaban J connectivity index is 2.47. The molecule has 2 rings (SSSR count). The molecule has 1 amide bonds. The van der Waals surface area contributed by atoms with E-state index >= 15 is 0 Å². The van der Waals surface area contributed by atoms with Crippen molar-refractivity contribution in [2.24, 2.45) is 0 Å². The Hall–Kier alpha value is -1.03. The number of nitrogens with one attached hydrogen (secondary N) is 1. The lowest BCUT2D eigenvalue weighted by atomic mass is 10.1. The minimum absolute atomic E-state index is 0.0236. The molecule has 4 heteroatoms. The highest BCUT2D eigenvalue weighted by atomic mass is 32.1. The van der Waals surface area contributed by atoms with E-state index in [-0.39, 0.29) is 5.91 Å². The van der Waals surface area contributed by atoms with Crippen LogP contribution in [0, 0.1) is 0 Å². The van der Waals surface area contributed by atoms with Crippen molar-refractivity contribution in [1.29, 1.82) is 0 Å². The molecule has 0 bridgehead atoms. The third kappa shape index (κ3) is 1.08. The fourth-order valence-corrected chi connectivity index (χ4v) is 2.26. The van der Waals surface area contributed by atoms with Crippen LogP contribution in [0.25, 0.3) is 0 Å². The van der Waals surface area contributed by atoms with Gasteiger partial charge in [-0.15, -0.1) is 11.3 Å². The lowest BCUT2D eigenvalue weighted by molar-refractivity contribution is 0.0956. The molecule has 1 aliphatic heterocycles. The van der Waals surface area contributed by atoms with E-state index in [2.05, 4.69) is 5.32 Å². The molecule has 1 aromatic heterocycles. The zero-order valence-electron chi connectivity index (χ0n) is 6.59. The Morgan fingerprint density at radius 1 is 1.58 bits per heavy atom. The van der Waals surface area contributed by atoms with E-state index in [4.69, 9.17) is 5.73 Å². The molecule has 3 nitrogen and oxygen atoms in total. The summed E-state index contributed by atoms with van der Waals surface area (Å²) in [6.07, 6.45) is 1.91. The molecular formula is C8H10N2OS. The van der Waals surface area contributed by atoms with Gasteiger partial charge in [0.2, 0.25) is 0 Å². The smallest absolute Gasteiger partial charge is 0.252 e. The number of fused-ring (bicyclic) bond motifs is 1. The van der Waals surface area contributed by atoms with Crippen LogP contribution in [0.2, 0.25) is 0 Å². The summed E-state index contributed by atoms with van der Waals surface area (Å²) in [5.41, 5.74) is 7.54. The predicted molar refractivity (Wildman–Crippen MR) is 49.4 cm³/mol. The number of amides is 1. The number of nitrogens with two attached hydrogens (primary N) is 1. The van der Waals surface area contributed by atoms with E-state index in [1.165, 1.54) is 11.3 Å². The fourth-order valence-electron chi connectivity index (χ4n) is 1.41. The van der Waals surface area contributed by atoms with Gasteiger partial charge in [-0.3, -0.25) is 4.79 Å². The highest BCUT2D eigenvalue weighted by Gasteiger charge is 2.18. The first-order chi connectivity index (χ1) is 5.79. The molecule has 12 heavy (non-hydrogen) atoms. The summed E-state index contributed by atoms with van der Waals surface area (Å²) in [5, 5.41) is 5.46. The van der Waals surface area contributed by atoms with Gasteiger partial charge < -0.3 is 11.1 Å². The van der Waals surface area contributed by atoms with Crippen LogP contribution in [0.1, 0.15) is 22.3 Å². The van der Waals surface area contributed by atoms with Gasteiger partial charge in [0.15, 0.2) is 0 Å². The van der Waals surface area contributed by atoms with Gasteiger partial charge in [-0.1, -0.05) is 0 Å². The molecule has 0 aromatic carbocycles. The van der Waals surface area contributed by atoms with E-state index in [9.17, 15) is 4.79 Å². The first kappa shape index (κ1) is 7.61. The lowest BCUT2D eigenvalue weighted by Gasteiger charge is -1.96. The third-order valence-electron chi connectivity index (χ3n) is 2.06. The summed E-state index contributed by atoms with van der Waals surface area (Å²) >= 11 is 1.45. The molecule has 0 saturated heterocycles. The van der Waals surface area contributed by atoms with Crippen LogP contribution in [0.3, 0.4) is 0 Å². The highest BCUT2D eigenvalue weighted by Crippen LogP contribution is 2.27. The average molecular weight is 182 g/mol. The van der Waals surface area contributed by atoms with Gasteiger partial charge in [0.05, 0.1) is 10.6 Å². The quantitative estimate of drug-likeness (QED) is 0.629. The Morgan fingerprint density at radius 3 is 3.25 bits per heavy atom. The van der Waals surface area contributed by atoms with Crippen molar-refractivity contribution in [1.82, 2.24) is 5.32 Å². The van der Waals surface area contributed by atoms with Crippen molar-refractivity contribution >= 4 is 22.2 Å². The van der Waals surface area contributed by atoms with E-state index in [1.54, 1.807) is 0 Å². The predicted octanol–water partition coefficient (Wildman–Crippen LogP) is 1.01. The first-order valence-electron chi connectivity index (χ1n) is 3.93. The normalized spacial score (nSPS) is 16.5. The van der Waals surface area contributed by atoms with Crippen molar-refractivity contribution in [3.05, 3.63) is 16.5 Å². The molecule has 0 radical (unpaired) electrons. The SMILES string of the molecule is Nc1scc2c1CCCNC2=O. The maximum atomic E-state index is 11.4. The Bertz CT molecular complexity index is 319. The maximum Gasteiger partial charge on any atom is 0.252 e. The highest BCUT2D eigenvalue weighted by molar-refractivity contribution is 7.14. The van der Waals surface area contributed by atoms with Gasteiger partial charge in [0.1, 0.15) is 0 Å². The molecule has 1 aromatic rings. The molecule has 64 valence electrons. The van der Waals surface area contributed by atoms with Gasteiger partial charge in [-0.25, -0.2) is 0 Å². The Kier molecular flexibility index (Phi) is 1.77. The third-order valence-corrected chi connectivity index (χ3v) is 2.91. The summed E-state index contributed by atoms with van der Waals surface area (Å²) in [5.74, 6) is 0.0236. The molecular weight excluding hydrogens is 172 g/mol. The van der Waals surface area contributed by atoms with Gasteiger partial charge in [-0.05, 0) is 18.4 Å². The largest absolute Gasteiger partial charge is 0.390 e. The number of thiophene rings is 1. The molecule has 0 fully saturated rings. The summed E-state index contributed by atoms with van der Waals surface area (Å²) in [7, 11) is 0. The topological polar surface area (TPSA) is 55.1 Å². The molecule has 0 aliphatic carbocycles. The molecule has 0 unspecified atom stereocenters. The summed E-state index contributed by atoms with van der Waals surface area (Å²) < 4.78 is 0. The second-order valence-electron chi connectivity index (χ2n) is 2.85. The second-order valence-corrected chi connectivity index (χ2v) is 3.76. The number of hydrogen-bond acceptors (Lipinski definition) is 3. The molecule has 3 N–H and O–H groups in total. The van der Waals surface area contributed by atoms with E-state index < -0.39 is 0 Å². The van der Waals surface area contributed by atoms with Crippen LogP contribution >= 0.6 is 11.3 Å². The number of carbonyl (C=O) groups excluding carboxylic acids is 1. The first-order valence-corrected chi connectivity index (χ1v) is 4.81. The lowest BCUT2D eigenvalue weighted by Crippen LogP contribution is -2.22. The Morgan fingerprint density at radius 2 is 2.42 bits per heavy atom. The van der Waals surface area contributed by atoms with Crippen LogP contribution in [0.5, 0.6) is 0 Å². The average Bonchev–Trinajstić information content (AvgIpc) is 2.30. The molecule has 0 atom stereocenters. The van der Waals surface area contributed by atoms with E-state index in [0.717, 1.165) is 35.5 Å². The van der Waals surface area contributed by atoms with Gasteiger partial charge in [0, 0.05) is 11.9 Å². The van der Waals surface area contributed by atoms with Crippen molar-refractivity contribution in [2.75, 3.05) is 12.3 Å². The number of nitrogen functional groups attached to an aromatic ring is 1. The standard InChI is InChI=1S/C8H10N2OS/c9-7-5-2-1-3-10-8(11)6(5)4-12-7/h4H,1-3,9H2,(H,10,11). The van der Waals surface area contributed by atoms with Crippen LogP contribution in [-0.4, -0.2) is 12.5 Å². The van der Waals surface area contributed by atoms with E-state index in [0.29, 0.717) is 0 Å². The second kappa shape index (κ2) is 2.79. The molecule has 0 saturated carbocycles. The number of carbonyl (C=O) groups is 1. The van der Waals surface area contributed by atoms with Crippen LogP contribution < -0.4 is 11.1 Å².